The Morgan fingerprint density at radius 1 is 1.23 bits per heavy atom. The van der Waals surface area contributed by atoms with Crippen molar-refractivity contribution in [1.82, 2.24) is 9.79 Å². The van der Waals surface area contributed by atoms with Crippen LogP contribution in [0.3, 0.4) is 0 Å². The molecule has 1 aliphatic carbocycles. The van der Waals surface area contributed by atoms with E-state index in [1.807, 2.05) is 0 Å². The summed E-state index contributed by atoms with van der Waals surface area (Å²) in [6.45, 7) is 7.26. The Bertz CT molecular complexity index is 1150. The van der Waals surface area contributed by atoms with Crippen LogP contribution in [0.5, 0.6) is 11.5 Å². The molecule has 2 aromatic rings. The van der Waals surface area contributed by atoms with Crippen molar-refractivity contribution >= 4 is 33.2 Å². The van der Waals surface area contributed by atoms with Gasteiger partial charge < -0.3 is 4.74 Å². The summed E-state index contributed by atoms with van der Waals surface area (Å²) in [6.07, 6.45) is 2.85. The third-order valence-electron chi connectivity index (χ3n) is 5.88. The molecule has 1 heterocycles. The van der Waals surface area contributed by atoms with Gasteiger partial charge in [0.1, 0.15) is 17.5 Å². The molecule has 0 spiro atoms. The molecule has 2 aromatic carbocycles. The van der Waals surface area contributed by atoms with Gasteiger partial charge in [0.2, 0.25) is 15.7 Å². The number of fused-ring (bicyclic) bond motifs is 1. The van der Waals surface area contributed by atoms with E-state index in [4.69, 9.17) is 28.1 Å². The normalized spacial score (nSPS) is 23.2. The van der Waals surface area contributed by atoms with Gasteiger partial charge in [-0.3, -0.25) is 10.0 Å². The molecule has 2 aliphatic rings. The van der Waals surface area contributed by atoms with Crippen molar-refractivity contribution in [3.63, 3.8) is 0 Å². The van der Waals surface area contributed by atoms with Crippen molar-refractivity contribution < 1.29 is 23.2 Å². The van der Waals surface area contributed by atoms with Crippen LogP contribution < -0.4 is 10.2 Å². The van der Waals surface area contributed by atoms with Crippen LogP contribution in [0.15, 0.2) is 47.4 Å². The summed E-state index contributed by atoms with van der Waals surface area (Å²) in [6, 6.07) is 9.45. The first-order chi connectivity index (χ1) is 14.9. The second-order valence-corrected chi connectivity index (χ2v) is 9.84. The number of nitrogens with one attached hydrogen (secondary N) is 1. The largest absolute Gasteiger partial charge is 0.468 e. The monoisotopic (exact) mass is 461 g/mol. The zero-order valence-corrected chi connectivity index (χ0v) is 17.9. The van der Waals surface area contributed by atoms with Crippen LogP contribution in [0.2, 0.25) is 5.02 Å². The van der Waals surface area contributed by atoms with Gasteiger partial charge in [-0.2, -0.15) is 4.31 Å². The number of ether oxygens (including phenoxy) is 1. The summed E-state index contributed by atoms with van der Waals surface area (Å²) in [5, 5.41) is 9.35. The number of hydrogen-bond acceptors (Lipinski definition) is 5. The van der Waals surface area contributed by atoms with Gasteiger partial charge in [-0.15, -0.1) is 0 Å². The van der Waals surface area contributed by atoms with Gasteiger partial charge in [-0.1, -0.05) is 30.2 Å². The van der Waals surface area contributed by atoms with E-state index in [-0.39, 0.29) is 33.3 Å². The fourth-order valence-corrected chi connectivity index (χ4v) is 6.59. The number of benzene rings is 2. The number of sulfonamides is 1. The zero-order valence-electron chi connectivity index (χ0n) is 16.4. The van der Waals surface area contributed by atoms with Crippen molar-refractivity contribution in [1.29, 1.82) is 0 Å². The molecule has 0 bridgehead atoms. The standard InChI is InChI=1S/C21H20ClN3O5S/c1-23-20-16(22)5-3-7-19(20)30-14-8-10-15(11-9-14)31(28,29)25-17-6-2-4-13(17)12-18(25)21(26)24-27/h3,5,7-11,13,17-18,27H,2,4,6,12H2,(H,24,26)/t13-,17-,18-/m1/s1. The maximum Gasteiger partial charge on any atom is 0.261 e. The molecule has 1 saturated heterocycles. The fraction of sp³-hybridized carbons (Fsp3) is 0.333. The van der Waals surface area contributed by atoms with Gasteiger partial charge in [0, 0.05) is 6.04 Å². The molecule has 3 atom stereocenters. The molecule has 2 N–H and O–H groups in total. The number of rotatable bonds is 5. The van der Waals surface area contributed by atoms with Gasteiger partial charge in [-0.05, 0) is 55.5 Å². The van der Waals surface area contributed by atoms with Crippen molar-refractivity contribution in [2.45, 2.75) is 42.7 Å². The molecule has 162 valence electrons. The van der Waals surface area contributed by atoms with Crippen LogP contribution in [0, 0.1) is 12.5 Å². The Kier molecular flexibility index (Phi) is 5.90. The summed E-state index contributed by atoms with van der Waals surface area (Å²) < 4.78 is 33.7. The predicted molar refractivity (Wildman–Crippen MR) is 113 cm³/mol. The van der Waals surface area contributed by atoms with Crippen LogP contribution in [-0.2, 0) is 14.8 Å². The molecule has 2 fully saturated rings. The Morgan fingerprint density at radius 2 is 1.97 bits per heavy atom. The molecular weight excluding hydrogens is 442 g/mol. The summed E-state index contributed by atoms with van der Waals surface area (Å²) in [4.78, 5) is 15.6. The van der Waals surface area contributed by atoms with E-state index >= 15 is 0 Å². The number of nitrogens with zero attached hydrogens (tertiary/aromatic N) is 2. The second kappa shape index (κ2) is 8.48. The van der Waals surface area contributed by atoms with Crippen molar-refractivity contribution in [2.24, 2.45) is 5.92 Å². The average molecular weight is 462 g/mol. The molecule has 1 amide bonds. The van der Waals surface area contributed by atoms with Crippen LogP contribution in [0.1, 0.15) is 25.7 Å². The molecule has 8 nitrogen and oxygen atoms in total. The second-order valence-electron chi connectivity index (χ2n) is 7.59. The lowest BCUT2D eigenvalue weighted by Gasteiger charge is -2.27. The van der Waals surface area contributed by atoms with Gasteiger partial charge >= 0.3 is 0 Å². The lowest BCUT2D eigenvalue weighted by Crippen LogP contribution is -2.48. The van der Waals surface area contributed by atoms with Gasteiger partial charge in [0.05, 0.1) is 16.5 Å². The number of para-hydroxylation sites is 1. The quantitative estimate of drug-likeness (QED) is 0.396. The van der Waals surface area contributed by atoms with Gasteiger partial charge in [0.25, 0.3) is 5.91 Å². The highest BCUT2D eigenvalue weighted by Crippen LogP contribution is 2.44. The third-order valence-corrected chi connectivity index (χ3v) is 8.13. The lowest BCUT2D eigenvalue weighted by molar-refractivity contribution is -0.132. The van der Waals surface area contributed by atoms with Gasteiger partial charge in [0.15, 0.2) is 0 Å². The molecule has 0 radical (unpaired) electrons. The number of hydroxylamine groups is 1. The fourth-order valence-electron chi connectivity index (χ4n) is 4.51. The third kappa shape index (κ3) is 3.88. The number of carbonyl (C=O) groups is 1. The van der Waals surface area contributed by atoms with Crippen LogP contribution in [0.25, 0.3) is 4.85 Å². The first kappa shape index (κ1) is 21.6. The molecule has 31 heavy (non-hydrogen) atoms. The minimum Gasteiger partial charge on any atom is -0.468 e. The highest BCUT2D eigenvalue weighted by atomic mass is 35.5. The lowest BCUT2D eigenvalue weighted by atomic mass is 10.0. The molecule has 1 saturated carbocycles. The summed E-state index contributed by atoms with van der Waals surface area (Å²) in [5.41, 5.74) is 1.77. The number of amides is 1. The van der Waals surface area contributed by atoms with Crippen molar-refractivity contribution in [2.75, 3.05) is 0 Å². The van der Waals surface area contributed by atoms with E-state index in [0.29, 0.717) is 18.6 Å². The minimum atomic E-state index is -3.97. The van der Waals surface area contributed by atoms with E-state index in [1.165, 1.54) is 28.6 Å². The Balaban J connectivity index is 1.61. The highest BCUT2D eigenvalue weighted by Gasteiger charge is 2.52. The molecular formula is C21H20ClN3O5S. The van der Waals surface area contributed by atoms with Crippen LogP contribution in [0.4, 0.5) is 5.69 Å². The molecule has 1 aliphatic heterocycles. The summed E-state index contributed by atoms with van der Waals surface area (Å²) in [5.74, 6) is 0.00201. The maximum atomic E-state index is 13.4. The molecule has 10 heteroatoms. The summed E-state index contributed by atoms with van der Waals surface area (Å²) in [7, 11) is -3.97. The Morgan fingerprint density at radius 3 is 2.65 bits per heavy atom. The Labute approximate surface area is 185 Å². The van der Waals surface area contributed by atoms with Crippen molar-refractivity contribution in [3.05, 3.63) is 58.9 Å². The van der Waals surface area contributed by atoms with E-state index in [2.05, 4.69) is 4.85 Å². The smallest absolute Gasteiger partial charge is 0.261 e. The van der Waals surface area contributed by atoms with E-state index < -0.39 is 22.0 Å². The topological polar surface area (TPSA) is 100 Å². The van der Waals surface area contributed by atoms with Crippen LogP contribution in [-0.4, -0.2) is 35.9 Å². The highest BCUT2D eigenvalue weighted by molar-refractivity contribution is 7.89. The van der Waals surface area contributed by atoms with E-state index in [1.54, 1.807) is 23.7 Å². The first-order valence-corrected chi connectivity index (χ1v) is 11.6. The Hall–Kier alpha value is -2.64. The maximum absolute atomic E-state index is 13.4. The number of halogens is 1. The SMILES string of the molecule is [C-]#[N+]c1c(Cl)cccc1Oc1ccc(S(=O)(=O)N2[C@@H](C(=O)NO)C[C@H]3CCC[C@H]32)cc1. The number of hydrogen-bond donors (Lipinski definition) is 2. The average Bonchev–Trinajstić information content (AvgIpc) is 3.35. The van der Waals surface area contributed by atoms with E-state index in [9.17, 15) is 13.2 Å². The number of carbonyl (C=O) groups excluding carboxylic acids is 1. The zero-order chi connectivity index (χ0) is 22.2. The van der Waals surface area contributed by atoms with Gasteiger partial charge in [-0.25, -0.2) is 18.7 Å². The minimum absolute atomic E-state index is 0.0274. The molecule has 0 aromatic heterocycles. The van der Waals surface area contributed by atoms with Crippen molar-refractivity contribution in [3.8, 4) is 11.5 Å². The predicted octanol–water partition coefficient (Wildman–Crippen LogP) is 4.12. The van der Waals surface area contributed by atoms with Crippen LogP contribution >= 0.6 is 11.6 Å². The molecule has 0 unspecified atom stereocenters. The summed E-state index contributed by atoms with van der Waals surface area (Å²) >= 11 is 6.02. The van der Waals surface area contributed by atoms with E-state index in [0.717, 1.165) is 12.8 Å². The first-order valence-electron chi connectivity index (χ1n) is 9.78. The molecule has 4 rings (SSSR count).